The molecular formula is C21H15N3. The molecule has 0 saturated carbocycles. The number of aromatic nitrogens is 2. The second kappa shape index (κ2) is 4.83. The lowest BCUT2D eigenvalue weighted by Gasteiger charge is -2.10. The second-order valence-electron chi connectivity index (χ2n) is 5.97. The number of imidazole rings is 1. The van der Waals surface area contributed by atoms with Gasteiger partial charge >= 0.3 is 0 Å². The first-order valence-electron chi connectivity index (χ1n) is 7.96. The van der Waals surface area contributed by atoms with E-state index in [-0.39, 0.29) is 0 Å². The fraction of sp³-hybridized carbons (Fsp3) is 0. The minimum absolute atomic E-state index is 0.673. The molecule has 3 aromatic carbocycles. The van der Waals surface area contributed by atoms with Gasteiger partial charge in [-0.25, -0.2) is 4.98 Å². The van der Waals surface area contributed by atoms with Crippen LogP contribution in [0, 0.1) is 0 Å². The molecule has 0 amide bonds. The van der Waals surface area contributed by atoms with Crippen molar-refractivity contribution in [3.8, 4) is 11.3 Å². The van der Waals surface area contributed by atoms with Crippen LogP contribution in [0.1, 0.15) is 0 Å². The Morgan fingerprint density at radius 2 is 1.38 bits per heavy atom. The molecule has 0 fully saturated rings. The van der Waals surface area contributed by atoms with Gasteiger partial charge in [-0.2, -0.15) is 0 Å². The third-order valence-electron chi connectivity index (χ3n) is 4.57. The molecule has 0 aliphatic carbocycles. The van der Waals surface area contributed by atoms with E-state index in [0.29, 0.717) is 5.82 Å². The van der Waals surface area contributed by atoms with E-state index < -0.39 is 0 Å². The quantitative estimate of drug-likeness (QED) is 0.448. The molecule has 114 valence electrons. The standard InChI is InChI=1S/C21H15N3/c22-21-20(23-18-11-5-6-12-24(18)21)19-16-9-3-1-7-14(16)13-15-8-2-4-10-17(15)19/h1-13H,22H2. The average molecular weight is 309 g/mol. The molecule has 0 unspecified atom stereocenters. The van der Waals surface area contributed by atoms with E-state index in [1.54, 1.807) is 0 Å². The van der Waals surface area contributed by atoms with Crippen LogP contribution in [0.5, 0.6) is 0 Å². The first-order valence-corrected chi connectivity index (χ1v) is 7.96. The SMILES string of the molecule is Nc1c(-c2c3ccccc3cc3ccccc23)nc2ccccn12. The van der Waals surface area contributed by atoms with Crippen LogP contribution in [0.15, 0.2) is 79.0 Å². The summed E-state index contributed by atoms with van der Waals surface area (Å²) in [7, 11) is 0. The van der Waals surface area contributed by atoms with Crippen LogP contribution in [-0.2, 0) is 0 Å². The predicted octanol–water partition coefficient (Wildman–Crippen LogP) is 4.89. The van der Waals surface area contributed by atoms with Gasteiger partial charge in [-0.3, -0.25) is 4.40 Å². The van der Waals surface area contributed by atoms with E-state index in [4.69, 9.17) is 10.7 Å². The van der Waals surface area contributed by atoms with Gasteiger partial charge in [0.1, 0.15) is 17.2 Å². The van der Waals surface area contributed by atoms with Gasteiger partial charge in [0.15, 0.2) is 0 Å². The summed E-state index contributed by atoms with van der Waals surface area (Å²) in [5, 5.41) is 4.74. The second-order valence-corrected chi connectivity index (χ2v) is 5.97. The largest absolute Gasteiger partial charge is 0.383 e. The zero-order valence-corrected chi connectivity index (χ0v) is 13.0. The van der Waals surface area contributed by atoms with E-state index in [1.807, 2.05) is 28.8 Å². The minimum Gasteiger partial charge on any atom is -0.383 e. The van der Waals surface area contributed by atoms with Crippen LogP contribution in [-0.4, -0.2) is 9.38 Å². The Hall–Kier alpha value is -3.33. The van der Waals surface area contributed by atoms with Gasteiger partial charge in [-0.05, 0) is 39.7 Å². The van der Waals surface area contributed by atoms with Crippen molar-refractivity contribution in [2.45, 2.75) is 0 Å². The Kier molecular flexibility index (Phi) is 2.65. The summed E-state index contributed by atoms with van der Waals surface area (Å²) >= 11 is 0. The number of hydrogen-bond acceptors (Lipinski definition) is 2. The third-order valence-corrected chi connectivity index (χ3v) is 4.57. The Morgan fingerprint density at radius 3 is 2.04 bits per heavy atom. The van der Waals surface area contributed by atoms with E-state index >= 15 is 0 Å². The van der Waals surface area contributed by atoms with E-state index in [1.165, 1.54) is 21.5 Å². The van der Waals surface area contributed by atoms with Crippen molar-refractivity contribution in [2.75, 3.05) is 5.73 Å². The summed E-state index contributed by atoms with van der Waals surface area (Å²) in [6, 6.07) is 25.0. The van der Waals surface area contributed by atoms with Crippen molar-refractivity contribution in [3.63, 3.8) is 0 Å². The van der Waals surface area contributed by atoms with Gasteiger partial charge in [0.25, 0.3) is 0 Å². The molecule has 0 radical (unpaired) electrons. The van der Waals surface area contributed by atoms with Gasteiger partial charge in [-0.1, -0.05) is 54.6 Å². The molecule has 0 aliphatic rings. The Labute approximate surface area is 139 Å². The molecule has 24 heavy (non-hydrogen) atoms. The predicted molar refractivity (Wildman–Crippen MR) is 100 cm³/mol. The van der Waals surface area contributed by atoms with Crippen molar-refractivity contribution >= 4 is 33.0 Å². The number of nitrogens with zero attached hydrogens (tertiary/aromatic N) is 2. The van der Waals surface area contributed by atoms with E-state index in [0.717, 1.165) is 16.9 Å². The number of nitrogens with two attached hydrogens (primary N) is 1. The highest BCUT2D eigenvalue weighted by Gasteiger charge is 2.16. The molecular weight excluding hydrogens is 294 g/mol. The monoisotopic (exact) mass is 309 g/mol. The maximum absolute atomic E-state index is 6.45. The van der Waals surface area contributed by atoms with Gasteiger partial charge in [0.05, 0.1) is 0 Å². The number of nitrogen functional groups attached to an aromatic ring is 1. The van der Waals surface area contributed by atoms with Crippen LogP contribution in [0.4, 0.5) is 5.82 Å². The zero-order chi connectivity index (χ0) is 16.1. The Morgan fingerprint density at radius 1 is 0.750 bits per heavy atom. The lowest BCUT2D eigenvalue weighted by molar-refractivity contribution is 1.20. The number of rotatable bonds is 1. The molecule has 3 nitrogen and oxygen atoms in total. The number of fused-ring (bicyclic) bond motifs is 3. The van der Waals surface area contributed by atoms with Crippen molar-refractivity contribution < 1.29 is 0 Å². The summed E-state index contributed by atoms with van der Waals surface area (Å²) in [6.07, 6.45) is 1.95. The lowest BCUT2D eigenvalue weighted by Crippen LogP contribution is -1.94. The zero-order valence-electron chi connectivity index (χ0n) is 13.0. The van der Waals surface area contributed by atoms with Crippen LogP contribution < -0.4 is 5.73 Å². The highest BCUT2D eigenvalue weighted by Crippen LogP contribution is 2.38. The summed E-state index contributed by atoms with van der Waals surface area (Å²) in [5.74, 6) is 0.673. The van der Waals surface area contributed by atoms with Gasteiger partial charge in [0, 0.05) is 11.8 Å². The average Bonchev–Trinajstić information content (AvgIpc) is 2.96. The fourth-order valence-corrected chi connectivity index (χ4v) is 3.47. The molecule has 3 heteroatoms. The van der Waals surface area contributed by atoms with Crippen molar-refractivity contribution in [3.05, 3.63) is 79.0 Å². The number of hydrogen-bond donors (Lipinski definition) is 1. The van der Waals surface area contributed by atoms with Gasteiger partial charge in [-0.15, -0.1) is 0 Å². The normalized spacial score (nSPS) is 11.5. The molecule has 5 aromatic rings. The smallest absolute Gasteiger partial charge is 0.139 e. The van der Waals surface area contributed by atoms with Gasteiger partial charge < -0.3 is 5.73 Å². The van der Waals surface area contributed by atoms with Crippen molar-refractivity contribution in [2.24, 2.45) is 0 Å². The van der Waals surface area contributed by atoms with Crippen molar-refractivity contribution in [1.29, 1.82) is 0 Å². The highest BCUT2D eigenvalue weighted by molar-refractivity contribution is 6.13. The Balaban J connectivity index is 2.01. The number of pyridine rings is 1. The van der Waals surface area contributed by atoms with E-state index in [9.17, 15) is 0 Å². The molecule has 0 bridgehead atoms. The van der Waals surface area contributed by atoms with E-state index in [2.05, 4.69) is 54.6 Å². The third kappa shape index (κ3) is 1.75. The van der Waals surface area contributed by atoms with Crippen LogP contribution in [0.3, 0.4) is 0 Å². The first-order chi connectivity index (χ1) is 11.8. The summed E-state index contributed by atoms with van der Waals surface area (Å²) in [6.45, 7) is 0. The molecule has 0 spiro atoms. The minimum atomic E-state index is 0.673. The molecule has 2 N–H and O–H groups in total. The lowest BCUT2D eigenvalue weighted by atomic mass is 9.95. The topological polar surface area (TPSA) is 43.3 Å². The van der Waals surface area contributed by atoms with Crippen LogP contribution in [0.25, 0.3) is 38.4 Å². The summed E-state index contributed by atoms with van der Waals surface area (Å²) in [5.41, 5.74) is 9.26. The molecule has 2 heterocycles. The van der Waals surface area contributed by atoms with Gasteiger partial charge in [0.2, 0.25) is 0 Å². The Bertz CT molecular complexity index is 1160. The van der Waals surface area contributed by atoms with Crippen molar-refractivity contribution in [1.82, 2.24) is 9.38 Å². The summed E-state index contributed by atoms with van der Waals surface area (Å²) < 4.78 is 1.94. The highest BCUT2D eigenvalue weighted by atomic mass is 15.1. The fourth-order valence-electron chi connectivity index (χ4n) is 3.47. The molecule has 5 rings (SSSR count). The molecule has 0 atom stereocenters. The molecule has 0 aliphatic heterocycles. The molecule has 2 aromatic heterocycles. The molecule has 0 saturated heterocycles. The van der Waals surface area contributed by atoms with Crippen LogP contribution in [0.2, 0.25) is 0 Å². The summed E-state index contributed by atoms with van der Waals surface area (Å²) in [4.78, 5) is 4.82. The maximum Gasteiger partial charge on any atom is 0.139 e. The first kappa shape index (κ1) is 13.1. The number of benzene rings is 3. The number of anilines is 1. The maximum atomic E-state index is 6.45. The van der Waals surface area contributed by atoms with Crippen LogP contribution >= 0.6 is 0 Å².